The van der Waals surface area contributed by atoms with Crippen molar-refractivity contribution in [3.63, 3.8) is 0 Å². The Morgan fingerprint density at radius 2 is 2.04 bits per heavy atom. The number of benzene rings is 1. The van der Waals surface area contributed by atoms with Crippen molar-refractivity contribution in [1.29, 1.82) is 0 Å². The molecule has 8 heteroatoms. The Morgan fingerprint density at radius 1 is 1.28 bits per heavy atom. The summed E-state index contributed by atoms with van der Waals surface area (Å²) >= 11 is 0. The molecule has 1 aromatic carbocycles. The number of fused-ring (bicyclic) bond motifs is 2. The molecule has 3 heterocycles. The fourth-order valence-corrected chi connectivity index (χ4v) is 3.99. The van der Waals surface area contributed by atoms with Crippen molar-refractivity contribution in [2.45, 2.75) is 24.8 Å². The van der Waals surface area contributed by atoms with Gasteiger partial charge >= 0.3 is 0 Å². The molecule has 0 bridgehead atoms. The fraction of sp³-hybridized carbons (Fsp3) is 0.294. The maximum absolute atomic E-state index is 12.7. The number of aromatic amines is 1. The number of aryl methyl sites for hydroxylation is 1. The van der Waals surface area contributed by atoms with Gasteiger partial charge in [0, 0.05) is 29.5 Å². The Bertz CT molecular complexity index is 958. The van der Waals surface area contributed by atoms with Crippen LogP contribution >= 0.6 is 0 Å². The molecule has 7 nitrogen and oxygen atoms in total. The number of nitrogens with one attached hydrogen (secondary N) is 1. The molecule has 0 saturated carbocycles. The van der Waals surface area contributed by atoms with Crippen LogP contribution in [0, 0.1) is 13.8 Å². The van der Waals surface area contributed by atoms with E-state index in [4.69, 9.17) is 14.2 Å². The number of ether oxygens (including phenoxy) is 3. The van der Waals surface area contributed by atoms with E-state index in [2.05, 4.69) is 15.0 Å². The molecule has 0 fully saturated rings. The van der Waals surface area contributed by atoms with Crippen LogP contribution in [0.1, 0.15) is 16.8 Å². The Labute approximate surface area is 146 Å². The van der Waals surface area contributed by atoms with Crippen LogP contribution in [0.3, 0.4) is 0 Å². The van der Waals surface area contributed by atoms with E-state index >= 15 is 0 Å². The van der Waals surface area contributed by atoms with Crippen molar-refractivity contribution < 1.29 is 18.4 Å². The molecule has 0 amide bonds. The van der Waals surface area contributed by atoms with Gasteiger partial charge in [0.1, 0.15) is 5.75 Å². The molecule has 1 atom stereocenters. The van der Waals surface area contributed by atoms with E-state index in [0.29, 0.717) is 22.2 Å². The molecule has 3 aromatic rings. The maximum atomic E-state index is 12.7. The highest BCUT2D eigenvalue weighted by Crippen LogP contribution is 2.35. The van der Waals surface area contributed by atoms with Crippen molar-refractivity contribution in [2.24, 2.45) is 0 Å². The first-order chi connectivity index (χ1) is 12.1. The third-order valence-corrected chi connectivity index (χ3v) is 5.35. The van der Waals surface area contributed by atoms with Crippen molar-refractivity contribution >= 4 is 21.8 Å². The fourth-order valence-electron chi connectivity index (χ4n) is 2.89. The first-order valence-electron chi connectivity index (χ1n) is 7.73. The number of nitrogens with zero attached hydrogens (tertiary/aromatic N) is 2. The number of hydrogen-bond acceptors (Lipinski definition) is 6. The summed E-state index contributed by atoms with van der Waals surface area (Å²) in [7, 11) is 0.266. The van der Waals surface area contributed by atoms with Gasteiger partial charge in [-0.2, -0.15) is 0 Å². The van der Waals surface area contributed by atoms with Crippen LogP contribution in [-0.4, -0.2) is 33.1 Å². The largest absolute Gasteiger partial charge is 0.496 e. The monoisotopic (exact) mass is 359 g/mol. The highest BCUT2D eigenvalue weighted by Gasteiger charge is 2.19. The molecule has 2 aromatic heterocycles. The predicted molar refractivity (Wildman–Crippen MR) is 92.6 cm³/mol. The van der Waals surface area contributed by atoms with Crippen LogP contribution in [0.4, 0.5) is 0 Å². The molecule has 130 valence electrons. The van der Waals surface area contributed by atoms with E-state index in [-0.39, 0.29) is 12.5 Å². The van der Waals surface area contributed by atoms with E-state index in [1.54, 1.807) is 19.4 Å². The highest BCUT2D eigenvalue weighted by atomic mass is 32.2. The third-order valence-electron chi connectivity index (χ3n) is 4.19. The zero-order valence-corrected chi connectivity index (χ0v) is 14.9. The standard InChI is InChI=1S/C17H17N3O4S/c1-9-6-18-13(10(2)16(9)22-3)7-25(21)17-19-11-4-14-15(24-8-23-14)5-12(11)20-17/h4-6H,7-8H2,1-3H3,(H,19,20). The summed E-state index contributed by atoms with van der Waals surface area (Å²) in [5.74, 6) is 2.35. The lowest BCUT2D eigenvalue weighted by molar-refractivity contribution is 0.174. The van der Waals surface area contributed by atoms with Gasteiger partial charge in [-0.25, -0.2) is 4.98 Å². The topological polar surface area (TPSA) is 86.3 Å². The minimum atomic E-state index is -1.36. The Balaban J connectivity index is 1.64. The minimum absolute atomic E-state index is 0.209. The second-order valence-corrected chi connectivity index (χ2v) is 7.17. The molecule has 4 rings (SSSR count). The lowest BCUT2D eigenvalue weighted by Crippen LogP contribution is -2.05. The summed E-state index contributed by atoms with van der Waals surface area (Å²) in [5.41, 5.74) is 4.04. The summed E-state index contributed by atoms with van der Waals surface area (Å²) in [6, 6.07) is 3.59. The maximum Gasteiger partial charge on any atom is 0.231 e. The van der Waals surface area contributed by atoms with Gasteiger partial charge in [-0.3, -0.25) is 9.19 Å². The molecule has 1 aliphatic rings. The second kappa shape index (κ2) is 6.03. The lowest BCUT2D eigenvalue weighted by atomic mass is 10.1. The van der Waals surface area contributed by atoms with Crippen LogP contribution in [-0.2, 0) is 16.6 Å². The van der Waals surface area contributed by atoms with E-state index in [9.17, 15) is 4.21 Å². The number of hydrogen-bond donors (Lipinski definition) is 1. The quantitative estimate of drug-likeness (QED) is 0.771. The first kappa shape index (κ1) is 15.9. The van der Waals surface area contributed by atoms with Gasteiger partial charge < -0.3 is 19.2 Å². The van der Waals surface area contributed by atoms with Gasteiger partial charge in [0.2, 0.25) is 6.79 Å². The van der Waals surface area contributed by atoms with Crippen molar-refractivity contribution in [3.8, 4) is 17.2 Å². The molecule has 1 unspecified atom stereocenters. The van der Waals surface area contributed by atoms with E-state index < -0.39 is 10.8 Å². The molecule has 0 aliphatic carbocycles. The normalized spacial score (nSPS) is 14.0. The average Bonchev–Trinajstić information content (AvgIpc) is 3.21. The van der Waals surface area contributed by atoms with Gasteiger partial charge in [0.25, 0.3) is 0 Å². The second-order valence-electron chi connectivity index (χ2n) is 5.80. The first-order valence-corrected chi connectivity index (χ1v) is 9.05. The predicted octanol–water partition coefficient (Wildman–Crippen LogP) is 2.62. The van der Waals surface area contributed by atoms with Crippen molar-refractivity contribution in [3.05, 3.63) is 35.2 Å². The number of aromatic nitrogens is 3. The SMILES string of the molecule is COc1c(C)cnc(CS(=O)c2nc3cc4c(cc3[nH]2)OCO4)c1C. The highest BCUT2D eigenvalue weighted by molar-refractivity contribution is 7.84. The minimum Gasteiger partial charge on any atom is -0.496 e. The zero-order chi connectivity index (χ0) is 17.6. The van der Waals surface area contributed by atoms with Gasteiger partial charge in [-0.05, 0) is 13.8 Å². The van der Waals surface area contributed by atoms with Crippen LogP contribution in [0.15, 0.2) is 23.5 Å². The Kier molecular flexibility index (Phi) is 3.84. The van der Waals surface area contributed by atoms with Crippen LogP contribution in [0.5, 0.6) is 17.2 Å². The van der Waals surface area contributed by atoms with Crippen LogP contribution < -0.4 is 14.2 Å². The summed E-state index contributed by atoms with van der Waals surface area (Å²) in [6.07, 6.45) is 1.73. The Morgan fingerprint density at radius 3 is 2.80 bits per heavy atom. The average molecular weight is 359 g/mol. The van der Waals surface area contributed by atoms with Crippen molar-refractivity contribution in [1.82, 2.24) is 15.0 Å². The van der Waals surface area contributed by atoms with Crippen molar-refractivity contribution in [2.75, 3.05) is 13.9 Å². The van der Waals surface area contributed by atoms with Gasteiger partial charge in [0.15, 0.2) is 16.7 Å². The van der Waals surface area contributed by atoms with E-state index in [1.165, 1.54) is 0 Å². The van der Waals surface area contributed by atoms with Gasteiger partial charge in [-0.15, -0.1) is 0 Å². The number of H-pyrrole nitrogens is 1. The van der Waals surface area contributed by atoms with E-state index in [1.807, 2.05) is 19.9 Å². The Hall–Kier alpha value is -2.61. The summed E-state index contributed by atoms with van der Waals surface area (Å²) in [5, 5.41) is 0.402. The molecule has 1 aliphatic heterocycles. The molecule has 0 radical (unpaired) electrons. The molecule has 25 heavy (non-hydrogen) atoms. The van der Waals surface area contributed by atoms with Crippen LogP contribution in [0.2, 0.25) is 0 Å². The molecule has 1 N–H and O–H groups in total. The smallest absolute Gasteiger partial charge is 0.231 e. The lowest BCUT2D eigenvalue weighted by Gasteiger charge is -2.11. The number of rotatable bonds is 4. The summed E-state index contributed by atoms with van der Waals surface area (Å²) in [4.78, 5) is 11.9. The third kappa shape index (κ3) is 2.72. The molecule has 0 spiro atoms. The van der Waals surface area contributed by atoms with Gasteiger partial charge in [-0.1, -0.05) is 0 Å². The molecular weight excluding hydrogens is 342 g/mol. The van der Waals surface area contributed by atoms with Gasteiger partial charge in [0.05, 0.1) is 40.4 Å². The zero-order valence-electron chi connectivity index (χ0n) is 14.1. The summed E-state index contributed by atoms with van der Waals surface area (Å²) < 4.78 is 28.9. The summed E-state index contributed by atoms with van der Waals surface area (Å²) in [6.45, 7) is 4.06. The molecule has 0 saturated heterocycles. The van der Waals surface area contributed by atoms with Crippen LogP contribution in [0.25, 0.3) is 11.0 Å². The number of imidazole rings is 1. The number of pyridine rings is 1. The molecular formula is C17H17N3O4S. The van der Waals surface area contributed by atoms with E-state index in [0.717, 1.165) is 28.1 Å². The number of methoxy groups -OCH3 is 1.